The van der Waals surface area contributed by atoms with E-state index in [1.165, 1.54) is 6.07 Å². The van der Waals surface area contributed by atoms with Gasteiger partial charge in [0.2, 0.25) is 5.88 Å². The molecular weight excluding hydrogens is 347 g/mol. The van der Waals surface area contributed by atoms with Crippen molar-refractivity contribution >= 4 is 11.7 Å². The zero-order valence-corrected chi connectivity index (χ0v) is 14.8. The van der Waals surface area contributed by atoms with E-state index >= 15 is 0 Å². The van der Waals surface area contributed by atoms with Gasteiger partial charge in [-0.2, -0.15) is 0 Å². The number of ether oxygens (including phenoxy) is 1. The highest BCUT2D eigenvalue weighted by atomic mass is 19.1. The molecule has 2 N–H and O–H groups in total. The smallest absolute Gasteiger partial charge is 0.307 e. The molecule has 0 amide bonds. The molecule has 3 aromatic rings. The van der Waals surface area contributed by atoms with Crippen molar-refractivity contribution in [2.45, 2.75) is 13.0 Å². The quantitative estimate of drug-likeness (QED) is 0.658. The number of hydrogen-bond acceptors (Lipinski definition) is 4. The van der Waals surface area contributed by atoms with Crippen LogP contribution in [0, 0.1) is 5.82 Å². The lowest BCUT2D eigenvalue weighted by atomic mass is 10.1. The standard InChI is InChI=1S/C21H19FN2O3/c1-23-17-10-9-16(18(22)12-17)13-27-20-4-2-3-19(24-20)15-7-5-14(6-8-15)11-21(25)26/h2-10,12,23H,11,13H2,1H3,(H,25,26). The van der Waals surface area contributed by atoms with Crippen molar-refractivity contribution in [2.75, 3.05) is 12.4 Å². The van der Waals surface area contributed by atoms with Crippen LogP contribution in [0.1, 0.15) is 11.1 Å². The van der Waals surface area contributed by atoms with Crippen molar-refractivity contribution in [1.82, 2.24) is 4.98 Å². The average Bonchev–Trinajstić information content (AvgIpc) is 2.67. The Morgan fingerprint density at radius 1 is 1.15 bits per heavy atom. The summed E-state index contributed by atoms with van der Waals surface area (Å²) in [6.07, 6.45) is -0.0191. The summed E-state index contributed by atoms with van der Waals surface area (Å²) < 4.78 is 19.7. The van der Waals surface area contributed by atoms with Crippen LogP contribution in [-0.2, 0) is 17.8 Å². The van der Waals surface area contributed by atoms with Gasteiger partial charge in [-0.25, -0.2) is 9.37 Å². The van der Waals surface area contributed by atoms with Gasteiger partial charge in [0.1, 0.15) is 12.4 Å². The molecule has 0 aliphatic rings. The molecule has 0 fully saturated rings. The molecule has 0 aliphatic heterocycles. The van der Waals surface area contributed by atoms with Gasteiger partial charge in [-0.3, -0.25) is 4.79 Å². The highest BCUT2D eigenvalue weighted by molar-refractivity contribution is 5.71. The summed E-state index contributed by atoms with van der Waals surface area (Å²) in [5, 5.41) is 11.7. The summed E-state index contributed by atoms with van der Waals surface area (Å²) in [5.74, 6) is -0.822. The van der Waals surface area contributed by atoms with Crippen molar-refractivity contribution in [3.63, 3.8) is 0 Å². The lowest BCUT2D eigenvalue weighted by Crippen LogP contribution is -2.01. The molecule has 3 rings (SSSR count). The van der Waals surface area contributed by atoms with Gasteiger partial charge < -0.3 is 15.2 Å². The maximum absolute atomic E-state index is 14.0. The number of carboxylic acids is 1. The Morgan fingerprint density at radius 3 is 2.59 bits per heavy atom. The highest BCUT2D eigenvalue weighted by Crippen LogP contribution is 2.22. The number of hydrogen-bond donors (Lipinski definition) is 2. The number of aromatic nitrogens is 1. The molecule has 138 valence electrons. The number of rotatable bonds is 7. The zero-order valence-electron chi connectivity index (χ0n) is 14.8. The first-order chi connectivity index (χ1) is 13.0. The van der Waals surface area contributed by atoms with Crippen LogP contribution in [0.4, 0.5) is 10.1 Å². The Morgan fingerprint density at radius 2 is 1.93 bits per heavy atom. The molecule has 1 aromatic heterocycles. The third-order valence-electron chi connectivity index (χ3n) is 4.05. The maximum Gasteiger partial charge on any atom is 0.307 e. The van der Waals surface area contributed by atoms with Gasteiger partial charge in [0, 0.05) is 29.9 Å². The number of nitrogens with one attached hydrogen (secondary N) is 1. The van der Waals surface area contributed by atoms with Crippen molar-refractivity contribution in [3.05, 3.63) is 77.6 Å². The van der Waals surface area contributed by atoms with Gasteiger partial charge in [0.25, 0.3) is 0 Å². The number of anilines is 1. The summed E-state index contributed by atoms with van der Waals surface area (Å²) in [5.41, 5.74) is 3.40. The molecule has 2 aromatic carbocycles. The van der Waals surface area contributed by atoms with Crippen molar-refractivity contribution in [2.24, 2.45) is 0 Å². The Hall–Kier alpha value is -3.41. The second kappa shape index (κ2) is 8.31. The van der Waals surface area contributed by atoms with Gasteiger partial charge in [0.05, 0.1) is 12.1 Å². The van der Waals surface area contributed by atoms with Crippen LogP contribution in [0.15, 0.2) is 60.7 Å². The van der Waals surface area contributed by atoms with E-state index in [-0.39, 0.29) is 18.8 Å². The Balaban J connectivity index is 1.71. The lowest BCUT2D eigenvalue weighted by Gasteiger charge is -2.09. The van der Waals surface area contributed by atoms with Crippen LogP contribution in [0.25, 0.3) is 11.3 Å². The van der Waals surface area contributed by atoms with Gasteiger partial charge in [-0.05, 0) is 23.8 Å². The number of benzene rings is 2. The van der Waals surface area contributed by atoms with E-state index in [0.717, 1.165) is 11.1 Å². The number of carboxylic acid groups (broad SMARTS) is 1. The number of carbonyl (C=O) groups is 1. The van der Waals surface area contributed by atoms with E-state index in [1.54, 1.807) is 37.4 Å². The monoisotopic (exact) mass is 366 g/mol. The van der Waals surface area contributed by atoms with Crippen LogP contribution in [0.5, 0.6) is 5.88 Å². The molecule has 0 saturated carbocycles. The molecule has 0 spiro atoms. The third kappa shape index (κ3) is 4.82. The van der Waals surface area contributed by atoms with E-state index in [2.05, 4.69) is 10.3 Å². The summed E-state index contributed by atoms with van der Waals surface area (Å²) in [4.78, 5) is 15.2. The van der Waals surface area contributed by atoms with Crippen molar-refractivity contribution in [1.29, 1.82) is 0 Å². The first-order valence-corrected chi connectivity index (χ1v) is 8.42. The second-order valence-corrected chi connectivity index (χ2v) is 5.97. The first-order valence-electron chi connectivity index (χ1n) is 8.42. The van der Waals surface area contributed by atoms with Gasteiger partial charge in [-0.15, -0.1) is 0 Å². The normalized spacial score (nSPS) is 10.4. The minimum Gasteiger partial charge on any atom is -0.481 e. The summed E-state index contributed by atoms with van der Waals surface area (Å²) in [6.45, 7) is 0.0732. The summed E-state index contributed by atoms with van der Waals surface area (Å²) in [6, 6.07) is 17.4. The van der Waals surface area contributed by atoms with Crippen molar-refractivity contribution in [3.8, 4) is 17.1 Å². The topological polar surface area (TPSA) is 71.5 Å². The van der Waals surface area contributed by atoms with E-state index in [1.807, 2.05) is 24.3 Å². The second-order valence-electron chi connectivity index (χ2n) is 5.97. The fourth-order valence-electron chi connectivity index (χ4n) is 2.60. The predicted molar refractivity (Wildman–Crippen MR) is 101 cm³/mol. The van der Waals surface area contributed by atoms with Gasteiger partial charge in [-0.1, -0.05) is 36.4 Å². The van der Waals surface area contributed by atoms with Crippen LogP contribution < -0.4 is 10.1 Å². The first kappa shape index (κ1) is 18.4. The molecule has 0 radical (unpaired) electrons. The predicted octanol–water partition coefficient (Wildman–Crippen LogP) is 4.14. The molecule has 5 nitrogen and oxygen atoms in total. The van der Waals surface area contributed by atoms with Gasteiger partial charge in [0.15, 0.2) is 0 Å². The molecule has 27 heavy (non-hydrogen) atoms. The fraction of sp³-hybridized carbons (Fsp3) is 0.143. The number of aliphatic carboxylic acids is 1. The number of pyridine rings is 1. The third-order valence-corrected chi connectivity index (χ3v) is 4.05. The summed E-state index contributed by atoms with van der Waals surface area (Å²) >= 11 is 0. The Kier molecular flexibility index (Phi) is 5.66. The maximum atomic E-state index is 14.0. The zero-order chi connectivity index (χ0) is 19.2. The largest absolute Gasteiger partial charge is 0.481 e. The van der Waals surface area contributed by atoms with Crippen LogP contribution >= 0.6 is 0 Å². The highest BCUT2D eigenvalue weighted by Gasteiger charge is 2.07. The molecule has 0 aliphatic carbocycles. The number of nitrogens with zero attached hydrogens (tertiary/aromatic N) is 1. The molecular formula is C21H19FN2O3. The number of halogens is 1. The summed E-state index contributed by atoms with van der Waals surface area (Å²) in [7, 11) is 1.73. The lowest BCUT2D eigenvalue weighted by molar-refractivity contribution is -0.136. The van der Waals surface area contributed by atoms with E-state index in [4.69, 9.17) is 9.84 Å². The van der Waals surface area contributed by atoms with Gasteiger partial charge >= 0.3 is 5.97 Å². The molecule has 0 atom stereocenters. The van der Waals surface area contributed by atoms with E-state index in [0.29, 0.717) is 22.8 Å². The van der Waals surface area contributed by atoms with E-state index < -0.39 is 5.97 Å². The van der Waals surface area contributed by atoms with Crippen LogP contribution in [0.2, 0.25) is 0 Å². The molecule has 1 heterocycles. The molecule has 6 heteroatoms. The van der Waals surface area contributed by atoms with E-state index in [9.17, 15) is 9.18 Å². The molecule has 0 unspecified atom stereocenters. The Bertz CT molecular complexity index is 942. The fourth-order valence-corrected chi connectivity index (χ4v) is 2.60. The minimum atomic E-state index is -0.869. The minimum absolute atomic E-state index is 0.0191. The SMILES string of the molecule is CNc1ccc(COc2cccc(-c3ccc(CC(=O)O)cc3)n2)c(F)c1. The van der Waals surface area contributed by atoms with Crippen LogP contribution in [0.3, 0.4) is 0 Å². The van der Waals surface area contributed by atoms with Crippen LogP contribution in [-0.4, -0.2) is 23.1 Å². The molecule has 0 bridgehead atoms. The molecule has 0 saturated heterocycles. The Labute approximate surface area is 156 Å². The van der Waals surface area contributed by atoms with Crippen molar-refractivity contribution < 1.29 is 19.0 Å². The average molecular weight is 366 g/mol.